The minimum atomic E-state index is -3.73. The van der Waals surface area contributed by atoms with Crippen LogP contribution in [0.5, 0.6) is 0 Å². The van der Waals surface area contributed by atoms with Gasteiger partial charge >= 0.3 is 0 Å². The van der Waals surface area contributed by atoms with Crippen LogP contribution in [0.1, 0.15) is 62.6 Å². The van der Waals surface area contributed by atoms with Crippen molar-refractivity contribution in [3.8, 4) is 0 Å². The van der Waals surface area contributed by atoms with Gasteiger partial charge in [0.2, 0.25) is 5.91 Å². The Kier molecular flexibility index (Phi) is 7.48. The molecule has 186 valence electrons. The quantitative estimate of drug-likeness (QED) is 0.689. The normalized spacial score (nSPS) is 23.8. The van der Waals surface area contributed by atoms with Crippen LogP contribution in [0.25, 0.3) is 4.91 Å². The van der Waals surface area contributed by atoms with Gasteiger partial charge in [-0.2, -0.15) is 8.42 Å². The van der Waals surface area contributed by atoms with E-state index in [9.17, 15) is 13.2 Å². The number of benzene rings is 1. The molecule has 3 heterocycles. The zero-order valence-electron chi connectivity index (χ0n) is 20.9. The third-order valence-corrected chi connectivity index (χ3v) is 9.18. The van der Waals surface area contributed by atoms with Crippen molar-refractivity contribution >= 4 is 26.7 Å². The number of hydrogen-bond donors (Lipinski definition) is 1. The molecule has 2 fully saturated rings. The van der Waals surface area contributed by atoms with E-state index in [0.717, 1.165) is 24.2 Å². The van der Waals surface area contributed by atoms with Gasteiger partial charge in [-0.25, -0.2) is 0 Å². The van der Waals surface area contributed by atoms with Crippen molar-refractivity contribution in [3.05, 3.63) is 40.5 Å². The standard InChI is InChI=1S/C26H38N4O3S/c1-18-8-9-23(17-19(18)2)24-21(4)25(28-34(24,32)33)30-14-10-22(11-15-30)26(31)27-12-16-29-13-6-5-7-20(29)3/h8-9,17,20,22H,5-7,10-16H2,1-4H3,(H,27,31). The molecule has 3 aliphatic heterocycles. The molecule has 1 unspecified atom stereocenters. The summed E-state index contributed by atoms with van der Waals surface area (Å²) >= 11 is 0. The highest BCUT2D eigenvalue weighted by Crippen LogP contribution is 2.35. The summed E-state index contributed by atoms with van der Waals surface area (Å²) in [5.74, 6) is 0.622. The number of nitrogens with zero attached hydrogens (tertiary/aromatic N) is 3. The second-order valence-electron chi connectivity index (χ2n) is 10.1. The van der Waals surface area contributed by atoms with Crippen molar-refractivity contribution < 1.29 is 13.2 Å². The van der Waals surface area contributed by atoms with Crippen LogP contribution in [0, 0.1) is 19.8 Å². The molecule has 0 spiro atoms. The fraction of sp³-hybridized carbons (Fsp3) is 0.615. The highest BCUT2D eigenvalue weighted by atomic mass is 32.2. The van der Waals surface area contributed by atoms with E-state index in [2.05, 4.69) is 21.5 Å². The summed E-state index contributed by atoms with van der Waals surface area (Å²) in [6, 6.07) is 6.33. The molecular weight excluding hydrogens is 448 g/mol. The molecule has 34 heavy (non-hydrogen) atoms. The molecule has 1 N–H and O–H groups in total. The van der Waals surface area contributed by atoms with Gasteiger partial charge in [-0.05, 0) is 76.6 Å². The van der Waals surface area contributed by atoms with Gasteiger partial charge < -0.3 is 10.2 Å². The van der Waals surface area contributed by atoms with Gasteiger partial charge in [0.25, 0.3) is 10.0 Å². The zero-order chi connectivity index (χ0) is 24.5. The van der Waals surface area contributed by atoms with Gasteiger partial charge in [0.15, 0.2) is 0 Å². The van der Waals surface area contributed by atoms with Crippen molar-refractivity contribution in [1.82, 2.24) is 15.1 Å². The fourth-order valence-electron chi connectivity index (χ4n) is 5.38. The molecule has 1 aromatic rings. The van der Waals surface area contributed by atoms with Gasteiger partial charge in [0, 0.05) is 43.7 Å². The highest BCUT2D eigenvalue weighted by Gasteiger charge is 2.35. The Hall–Kier alpha value is -2.19. The molecule has 1 amide bonds. The number of amidine groups is 1. The van der Waals surface area contributed by atoms with Crippen LogP contribution < -0.4 is 5.32 Å². The molecule has 4 rings (SSSR count). The molecule has 0 aliphatic carbocycles. The van der Waals surface area contributed by atoms with Gasteiger partial charge in [-0.1, -0.05) is 24.6 Å². The van der Waals surface area contributed by atoms with E-state index >= 15 is 0 Å². The molecule has 2 saturated heterocycles. The first-order valence-electron chi connectivity index (χ1n) is 12.6. The molecule has 0 saturated carbocycles. The van der Waals surface area contributed by atoms with Crippen LogP contribution in [0.15, 0.2) is 28.2 Å². The van der Waals surface area contributed by atoms with E-state index in [0.29, 0.717) is 60.4 Å². The summed E-state index contributed by atoms with van der Waals surface area (Å²) in [5.41, 5.74) is 3.57. The maximum atomic E-state index is 12.9. The van der Waals surface area contributed by atoms with E-state index in [-0.39, 0.29) is 11.8 Å². The number of hydrogen-bond acceptors (Lipinski definition) is 5. The van der Waals surface area contributed by atoms with Crippen molar-refractivity contribution in [1.29, 1.82) is 0 Å². The number of piperidine rings is 2. The molecule has 0 radical (unpaired) electrons. The third-order valence-electron chi connectivity index (χ3n) is 7.71. The third kappa shape index (κ3) is 5.23. The maximum Gasteiger partial charge on any atom is 0.285 e. The first-order chi connectivity index (χ1) is 16.2. The summed E-state index contributed by atoms with van der Waals surface area (Å²) < 4.78 is 30.0. The van der Waals surface area contributed by atoms with E-state index in [4.69, 9.17) is 0 Å². The topological polar surface area (TPSA) is 82.1 Å². The summed E-state index contributed by atoms with van der Waals surface area (Å²) in [7, 11) is -3.73. The first kappa shape index (κ1) is 24.9. The lowest BCUT2D eigenvalue weighted by atomic mass is 9.95. The lowest BCUT2D eigenvalue weighted by molar-refractivity contribution is -0.126. The van der Waals surface area contributed by atoms with Crippen LogP contribution in [-0.2, 0) is 14.8 Å². The summed E-state index contributed by atoms with van der Waals surface area (Å²) in [6.45, 7) is 12.1. The van der Waals surface area contributed by atoms with Gasteiger partial charge in [-0.3, -0.25) is 9.69 Å². The van der Waals surface area contributed by atoms with Crippen molar-refractivity contribution in [2.45, 2.75) is 65.8 Å². The van der Waals surface area contributed by atoms with E-state index in [1.807, 2.05) is 43.9 Å². The Morgan fingerprint density at radius 2 is 1.79 bits per heavy atom. The van der Waals surface area contributed by atoms with Crippen LogP contribution in [0.2, 0.25) is 0 Å². The smallest absolute Gasteiger partial charge is 0.285 e. The number of rotatable bonds is 5. The van der Waals surface area contributed by atoms with Crippen LogP contribution in [0.3, 0.4) is 0 Å². The van der Waals surface area contributed by atoms with Gasteiger partial charge in [0.1, 0.15) is 10.7 Å². The average molecular weight is 487 g/mol. The Bertz CT molecular complexity index is 1100. The predicted molar refractivity (Wildman–Crippen MR) is 137 cm³/mol. The Balaban J connectivity index is 1.35. The zero-order valence-corrected chi connectivity index (χ0v) is 21.7. The molecular formula is C26H38N4O3S. The van der Waals surface area contributed by atoms with Crippen molar-refractivity contribution in [3.63, 3.8) is 0 Å². The number of carbonyl (C=O) groups excluding carboxylic acids is 1. The maximum absolute atomic E-state index is 12.9. The lowest BCUT2D eigenvalue weighted by Crippen LogP contribution is -2.46. The fourth-order valence-corrected chi connectivity index (χ4v) is 6.85. The molecule has 0 bridgehead atoms. The number of aryl methyl sites for hydroxylation is 2. The van der Waals surface area contributed by atoms with E-state index in [1.54, 1.807) is 0 Å². The van der Waals surface area contributed by atoms with Crippen molar-refractivity contribution in [2.24, 2.45) is 10.3 Å². The number of likely N-dealkylation sites (tertiary alicyclic amines) is 2. The summed E-state index contributed by atoms with van der Waals surface area (Å²) in [4.78, 5) is 17.5. The Morgan fingerprint density at radius 3 is 2.47 bits per heavy atom. The van der Waals surface area contributed by atoms with Crippen LogP contribution in [-0.4, -0.2) is 68.7 Å². The molecule has 1 aromatic carbocycles. The SMILES string of the molecule is CC1=C(c2ccc(C)c(C)c2)S(=O)(=O)N=C1N1CCC(C(=O)NCCN2CCCCC2C)CC1. The van der Waals surface area contributed by atoms with E-state index < -0.39 is 10.0 Å². The highest BCUT2D eigenvalue weighted by molar-refractivity contribution is 8.00. The lowest BCUT2D eigenvalue weighted by Gasteiger charge is -2.34. The molecule has 8 heteroatoms. The summed E-state index contributed by atoms with van der Waals surface area (Å²) in [5, 5.41) is 3.13. The molecule has 1 atom stereocenters. The van der Waals surface area contributed by atoms with Gasteiger partial charge in [-0.15, -0.1) is 4.40 Å². The van der Waals surface area contributed by atoms with Crippen LogP contribution in [0.4, 0.5) is 0 Å². The minimum absolute atomic E-state index is 0.0304. The Morgan fingerprint density at radius 1 is 1.06 bits per heavy atom. The Labute approximate surface area is 204 Å². The molecule has 3 aliphatic rings. The average Bonchev–Trinajstić information content (AvgIpc) is 3.05. The second-order valence-corrected chi connectivity index (χ2v) is 11.6. The van der Waals surface area contributed by atoms with E-state index in [1.165, 1.54) is 19.3 Å². The number of sulfonamides is 1. The van der Waals surface area contributed by atoms with Crippen LogP contribution >= 0.6 is 0 Å². The minimum Gasteiger partial charge on any atom is -0.356 e. The first-order valence-corrected chi connectivity index (χ1v) is 14.0. The predicted octanol–water partition coefficient (Wildman–Crippen LogP) is 3.48. The number of carbonyl (C=O) groups is 1. The monoisotopic (exact) mass is 486 g/mol. The summed E-state index contributed by atoms with van der Waals surface area (Å²) in [6.07, 6.45) is 5.20. The largest absolute Gasteiger partial charge is 0.356 e. The number of nitrogens with one attached hydrogen (secondary N) is 1. The molecule has 7 nitrogen and oxygen atoms in total. The molecule has 0 aromatic heterocycles. The number of amides is 1. The van der Waals surface area contributed by atoms with Crippen molar-refractivity contribution in [2.75, 3.05) is 32.7 Å². The van der Waals surface area contributed by atoms with Gasteiger partial charge in [0.05, 0.1) is 0 Å². The second kappa shape index (κ2) is 10.2.